The van der Waals surface area contributed by atoms with Gasteiger partial charge in [-0.2, -0.15) is 0 Å². The summed E-state index contributed by atoms with van der Waals surface area (Å²) in [7, 11) is 0. The molecular formula is C14H18N3O2S+. The molecule has 0 bridgehead atoms. The smallest absolute Gasteiger partial charge is 0.277 e. The maximum atomic E-state index is 5.67. The van der Waals surface area contributed by atoms with Gasteiger partial charge in [0, 0.05) is 5.56 Å². The number of ether oxygens (including phenoxy) is 1. The summed E-state index contributed by atoms with van der Waals surface area (Å²) < 4.78 is 11.0. The zero-order chi connectivity index (χ0) is 13.6. The minimum absolute atomic E-state index is 0.590. The monoisotopic (exact) mass is 292 g/mol. The van der Waals surface area contributed by atoms with Crippen LogP contribution in [0.25, 0.3) is 11.5 Å². The fourth-order valence-electron chi connectivity index (χ4n) is 2.16. The molecule has 1 saturated heterocycles. The molecule has 1 N–H and O–H groups in total. The number of quaternary nitrogens is 1. The average Bonchev–Trinajstić information content (AvgIpc) is 2.98. The molecule has 5 nitrogen and oxygen atoms in total. The first-order chi connectivity index (χ1) is 9.92. The maximum Gasteiger partial charge on any atom is 0.277 e. The van der Waals surface area contributed by atoms with Crippen molar-refractivity contribution < 1.29 is 14.1 Å². The summed E-state index contributed by atoms with van der Waals surface area (Å²) in [6.45, 7) is 5.05. The molecule has 1 fully saturated rings. The van der Waals surface area contributed by atoms with E-state index in [-0.39, 0.29) is 0 Å². The Morgan fingerprint density at radius 3 is 2.70 bits per heavy atom. The number of morpholine rings is 1. The topological polar surface area (TPSA) is 52.6 Å². The van der Waals surface area contributed by atoms with Gasteiger partial charge in [-0.1, -0.05) is 30.0 Å². The van der Waals surface area contributed by atoms with Gasteiger partial charge in [-0.05, 0) is 12.1 Å². The number of aromatic nitrogens is 2. The number of rotatable bonds is 5. The number of nitrogens with one attached hydrogen (secondary N) is 1. The summed E-state index contributed by atoms with van der Waals surface area (Å²) >= 11 is 1.63. The number of thioether (sulfide) groups is 1. The maximum absolute atomic E-state index is 5.67. The van der Waals surface area contributed by atoms with Crippen LogP contribution in [0.15, 0.2) is 40.0 Å². The van der Waals surface area contributed by atoms with Crippen LogP contribution in [0.4, 0.5) is 0 Å². The Morgan fingerprint density at radius 1 is 1.10 bits per heavy atom. The van der Waals surface area contributed by atoms with Crippen molar-refractivity contribution in [3.8, 4) is 11.5 Å². The Bertz CT molecular complexity index is 526. The quantitative estimate of drug-likeness (QED) is 0.824. The van der Waals surface area contributed by atoms with Crippen molar-refractivity contribution in [2.75, 3.05) is 38.6 Å². The molecule has 2 heterocycles. The van der Waals surface area contributed by atoms with E-state index < -0.39 is 0 Å². The molecule has 0 unspecified atom stereocenters. The van der Waals surface area contributed by atoms with Gasteiger partial charge >= 0.3 is 0 Å². The van der Waals surface area contributed by atoms with E-state index in [0.29, 0.717) is 11.1 Å². The third kappa shape index (κ3) is 3.59. The van der Waals surface area contributed by atoms with Crippen LogP contribution in [-0.2, 0) is 4.74 Å². The molecule has 0 aliphatic carbocycles. The van der Waals surface area contributed by atoms with Crippen LogP contribution >= 0.6 is 11.8 Å². The molecule has 6 heteroatoms. The minimum atomic E-state index is 0.590. The third-order valence-electron chi connectivity index (χ3n) is 3.31. The first kappa shape index (κ1) is 13.6. The summed E-state index contributed by atoms with van der Waals surface area (Å²) in [5.74, 6) is 1.58. The minimum Gasteiger partial charge on any atom is -0.411 e. The lowest BCUT2D eigenvalue weighted by atomic mass is 10.2. The number of benzene rings is 1. The van der Waals surface area contributed by atoms with Crippen molar-refractivity contribution >= 4 is 11.8 Å². The molecule has 0 spiro atoms. The second kappa shape index (κ2) is 6.88. The highest BCUT2D eigenvalue weighted by molar-refractivity contribution is 7.99. The molecular weight excluding hydrogens is 274 g/mol. The fourth-order valence-corrected chi connectivity index (χ4v) is 2.96. The number of hydrogen-bond donors (Lipinski definition) is 1. The van der Waals surface area contributed by atoms with Crippen LogP contribution < -0.4 is 4.90 Å². The van der Waals surface area contributed by atoms with Gasteiger partial charge in [-0.25, -0.2) is 0 Å². The number of hydrogen-bond acceptors (Lipinski definition) is 5. The van der Waals surface area contributed by atoms with Crippen LogP contribution in [0, 0.1) is 0 Å². The van der Waals surface area contributed by atoms with Gasteiger partial charge in [0.1, 0.15) is 13.1 Å². The molecule has 0 saturated carbocycles. The van der Waals surface area contributed by atoms with E-state index in [0.717, 1.165) is 44.2 Å². The van der Waals surface area contributed by atoms with E-state index in [4.69, 9.17) is 9.15 Å². The van der Waals surface area contributed by atoms with Gasteiger partial charge in [0.2, 0.25) is 5.89 Å². The summed E-state index contributed by atoms with van der Waals surface area (Å²) in [4.78, 5) is 1.59. The van der Waals surface area contributed by atoms with E-state index in [1.807, 2.05) is 30.3 Å². The zero-order valence-electron chi connectivity index (χ0n) is 11.2. The van der Waals surface area contributed by atoms with Crippen molar-refractivity contribution in [3.05, 3.63) is 30.3 Å². The first-order valence-electron chi connectivity index (χ1n) is 6.85. The standard InChI is InChI=1S/C14H17N3O2S/c1-2-4-12(5-3-1)13-15-16-14(19-13)20-11-8-17-6-9-18-10-7-17/h1-5H,6-11H2/p+1. The zero-order valence-corrected chi connectivity index (χ0v) is 12.1. The molecule has 1 aromatic carbocycles. The summed E-state index contributed by atoms with van der Waals surface area (Å²) in [5.41, 5.74) is 0.964. The highest BCUT2D eigenvalue weighted by atomic mass is 32.2. The molecule has 1 aliphatic rings. The van der Waals surface area contributed by atoms with Crippen LogP contribution in [-0.4, -0.2) is 48.8 Å². The number of nitrogens with zero attached hydrogens (tertiary/aromatic N) is 2. The largest absolute Gasteiger partial charge is 0.411 e. The predicted octanol–water partition coefficient (Wildman–Crippen LogP) is 0.744. The van der Waals surface area contributed by atoms with E-state index in [2.05, 4.69) is 10.2 Å². The lowest BCUT2D eigenvalue weighted by molar-refractivity contribution is -0.905. The van der Waals surface area contributed by atoms with Crippen molar-refractivity contribution in [3.63, 3.8) is 0 Å². The lowest BCUT2D eigenvalue weighted by Gasteiger charge is -2.23. The van der Waals surface area contributed by atoms with Gasteiger partial charge in [-0.15, -0.1) is 10.2 Å². The predicted molar refractivity (Wildman–Crippen MR) is 76.8 cm³/mol. The van der Waals surface area contributed by atoms with Crippen LogP contribution in [0.2, 0.25) is 0 Å². The Balaban J connectivity index is 1.50. The second-order valence-corrected chi connectivity index (χ2v) is 5.75. The molecule has 0 radical (unpaired) electrons. The Hall–Kier alpha value is -1.37. The highest BCUT2D eigenvalue weighted by Gasteiger charge is 2.14. The molecule has 106 valence electrons. The van der Waals surface area contributed by atoms with Gasteiger partial charge in [0.05, 0.1) is 25.5 Å². The highest BCUT2D eigenvalue weighted by Crippen LogP contribution is 2.22. The lowest BCUT2D eigenvalue weighted by Crippen LogP contribution is -3.14. The fraction of sp³-hybridized carbons (Fsp3) is 0.429. The average molecular weight is 292 g/mol. The van der Waals surface area contributed by atoms with Crippen LogP contribution in [0.3, 0.4) is 0 Å². The summed E-state index contributed by atoms with van der Waals surface area (Å²) in [6.07, 6.45) is 0. The second-order valence-electron chi connectivity index (χ2n) is 4.70. The molecule has 1 aliphatic heterocycles. The SMILES string of the molecule is c1ccc(-c2nnc(SCC[NH+]3CCOCC3)o2)cc1. The van der Waals surface area contributed by atoms with Crippen LogP contribution in [0.5, 0.6) is 0 Å². The van der Waals surface area contributed by atoms with Crippen molar-refractivity contribution in [2.24, 2.45) is 0 Å². The van der Waals surface area contributed by atoms with Crippen molar-refractivity contribution in [2.45, 2.75) is 5.22 Å². The molecule has 2 aromatic rings. The van der Waals surface area contributed by atoms with E-state index in [1.54, 1.807) is 16.7 Å². The Labute approximate surface area is 122 Å². The van der Waals surface area contributed by atoms with Crippen molar-refractivity contribution in [1.82, 2.24) is 10.2 Å². The summed E-state index contributed by atoms with van der Waals surface area (Å²) in [5, 5.41) is 8.82. The Kier molecular flexibility index (Phi) is 4.68. The van der Waals surface area contributed by atoms with Gasteiger partial charge < -0.3 is 14.1 Å². The molecule has 0 atom stereocenters. The molecule has 0 amide bonds. The van der Waals surface area contributed by atoms with Crippen LogP contribution in [0.1, 0.15) is 0 Å². The van der Waals surface area contributed by atoms with E-state index in [1.165, 1.54) is 0 Å². The van der Waals surface area contributed by atoms with Crippen molar-refractivity contribution in [1.29, 1.82) is 0 Å². The van der Waals surface area contributed by atoms with Gasteiger partial charge in [0.15, 0.2) is 0 Å². The molecule has 1 aromatic heterocycles. The van der Waals surface area contributed by atoms with E-state index >= 15 is 0 Å². The van der Waals surface area contributed by atoms with Gasteiger partial charge in [-0.3, -0.25) is 0 Å². The molecule has 3 rings (SSSR count). The van der Waals surface area contributed by atoms with E-state index in [9.17, 15) is 0 Å². The molecule has 20 heavy (non-hydrogen) atoms. The van der Waals surface area contributed by atoms with Gasteiger partial charge in [0.25, 0.3) is 5.22 Å². The third-order valence-corrected chi connectivity index (χ3v) is 4.13. The Morgan fingerprint density at radius 2 is 1.90 bits per heavy atom. The normalized spacial score (nSPS) is 16.4. The first-order valence-corrected chi connectivity index (χ1v) is 7.83. The summed E-state index contributed by atoms with van der Waals surface area (Å²) in [6, 6.07) is 9.85.